The Balaban J connectivity index is 1.51. The van der Waals surface area contributed by atoms with E-state index in [1.54, 1.807) is 24.5 Å². The van der Waals surface area contributed by atoms with Crippen LogP contribution in [0.1, 0.15) is 0 Å². The van der Waals surface area contributed by atoms with Crippen LogP contribution in [0.2, 0.25) is 0 Å². The molecule has 0 saturated carbocycles. The number of carbonyl (C=O) groups excluding carboxylic acids is 1. The number of aromatic nitrogens is 4. The fourth-order valence-corrected chi connectivity index (χ4v) is 3.38. The van der Waals surface area contributed by atoms with Gasteiger partial charge in [-0.1, -0.05) is 30.0 Å². The molecule has 1 amide bonds. The van der Waals surface area contributed by atoms with Gasteiger partial charge in [-0.25, -0.2) is 8.78 Å². The van der Waals surface area contributed by atoms with E-state index in [0.717, 1.165) is 23.9 Å². The Morgan fingerprint density at radius 2 is 1.86 bits per heavy atom. The Morgan fingerprint density at radius 3 is 2.62 bits per heavy atom. The zero-order chi connectivity index (χ0) is 20.4. The van der Waals surface area contributed by atoms with Crippen LogP contribution in [0.3, 0.4) is 0 Å². The molecule has 0 unspecified atom stereocenters. The van der Waals surface area contributed by atoms with E-state index in [4.69, 9.17) is 0 Å². The number of fused-ring (bicyclic) bond motifs is 1. The molecular weight excluding hydrogens is 400 g/mol. The number of carbonyl (C=O) groups is 1. The first kappa shape index (κ1) is 18.8. The minimum absolute atomic E-state index is 0.0978. The van der Waals surface area contributed by atoms with Crippen LogP contribution in [0, 0.1) is 11.6 Å². The molecule has 0 aliphatic carbocycles. The number of halogens is 2. The Kier molecular flexibility index (Phi) is 5.09. The van der Waals surface area contributed by atoms with Crippen LogP contribution in [0.5, 0.6) is 0 Å². The number of benzene rings is 2. The van der Waals surface area contributed by atoms with Gasteiger partial charge in [0.1, 0.15) is 11.6 Å². The van der Waals surface area contributed by atoms with E-state index in [1.807, 2.05) is 18.2 Å². The van der Waals surface area contributed by atoms with E-state index in [-0.39, 0.29) is 22.6 Å². The molecule has 146 valence electrons. The summed E-state index contributed by atoms with van der Waals surface area (Å²) in [5.41, 5.74) is 0.339. The van der Waals surface area contributed by atoms with E-state index < -0.39 is 17.5 Å². The van der Waals surface area contributed by atoms with Crippen LogP contribution in [-0.2, 0) is 4.79 Å². The highest BCUT2D eigenvalue weighted by molar-refractivity contribution is 7.99. The van der Waals surface area contributed by atoms with Crippen molar-refractivity contribution in [3.63, 3.8) is 0 Å². The number of para-hydroxylation sites is 1. The highest BCUT2D eigenvalue weighted by atomic mass is 32.2. The van der Waals surface area contributed by atoms with Crippen molar-refractivity contribution in [3.8, 4) is 5.69 Å². The van der Waals surface area contributed by atoms with Crippen molar-refractivity contribution in [2.75, 3.05) is 11.1 Å². The highest BCUT2D eigenvalue weighted by Crippen LogP contribution is 2.18. The molecule has 0 spiro atoms. The predicted octanol–water partition coefficient (Wildman–Crippen LogP) is 2.89. The van der Waals surface area contributed by atoms with Crippen LogP contribution >= 0.6 is 11.8 Å². The average Bonchev–Trinajstić information content (AvgIpc) is 3.13. The lowest BCUT2D eigenvalue weighted by molar-refractivity contribution is -0.113. The molecule has 0 aliphatic rings. The molecule has 4 rings (SSSR count). The second kappa shape index (κ2) is 7.84. The normalized spacial score (nSPS) is 11.0. The first-order valence-electron chi connectivity index (χ1n) is 8.42. The quantitative estimate of drug-likeness (QED) is 0.509. The molecule has 0 bridgehead atoms. The van der Waals surface area contributed by atoms with Gasteiger partial charge in [0, 0.05) is 24.1 Å². The number of hydrogen-bond acceptors (Lipinski definition) is 5. The number of amides is 1. The minimum atomic E-state index is -0.863. The zero-order valence-electron chi connectivity index (χ0n) is 14.8. The van der Waals surface area contributed by atoms with Crippen LogP contribution in [0.4, 0.5) is 14.5 Å². The number of rotatable bonds is 5. The van der Waals surface area contributed by atoms with E-state index in [0.29, 0.717) is 16.9 Å². The molecule has 0 saturated heterocycles. The van der Waals surface area contributed by atoms with Crippen LogP contribution in [0.25, 0.3) is 11.3 Å². The molecule has 2 aromatic heterocycles. The maximum absolute atomic E-state index is 13.6. The predicted molar refractivity (Wildman–Crippen MR) is 104 cm³/mol. The molecular formula is C19H13F2N5O2S. The molecule has 2 heterocycles. The third-order valence-electron chi connectivity index (χ3n) is 4.01. The standard InChI is InChI=1S/C19H13F2N5O2S/c20-12-6-7-15(14(21)10-12)22-16(27)11-29-19-24-23-17-18(28)25(8-9-26(17)19)13-4-2-1-3-5-13/h1-10H,11H2,(H,22,27). The summed E-state index contributed by atoms with van der Waals surface area (Å²) >= 11 is 1.04. The van der Waals surface area contributed by atoms with E-state index in [9.17, 15) is 18.4 Å². The van der Waals surface area contributed by atoms with Crippen molar-refractivity contribution < 1.29 is 13.6 Å². The van der Waals surface area contributed by atoms with Crippen molar-refractivity contribution >= 4 is 29.0 Å². The van der Waals surface area contributed by atoms with Gasteiger partial charge in [-0.2, -0.15) is 0 Å². The van der Waals surface area contributed by atoms with Crippen LogP contribution in [0.15, 0.2) is 70.9 Å². The van der Waals surface area contributed by atoms with Crippen molar-refractivity contribution in [3.05, 3.63) is 82.9 Å². The van der Waals surface area contributed by atoms with Crippen molar-refractivity contribution in [2.45, 2.75) is 5.16 Å². The SMILES string of the molecule is O=C(CSc1nnc2c(=O)n(-c3ccccc3)ccn12)Nc1ccc(F)cc1F. The van der Waals surface area contributed by atoms with Gasteiger partial charge in [0.05, 0.1) is 11.4 Å². The number of nitrogens with zero attached hydrogens (tertiary/aromatic N) is 4. The number of anilines is 1. The largest absolute Gasteiger partial charge is 0.323 e. The molecule has 0 fully saturated rings. The van der Waals surface area contributed by atoms with Gasteiger partial charge in [0.15, 0.2) is 5.16 Å². The Bertz CT molecular complexity index is 1260. The zero-order valence-corrected chi connectivity index (χ0v) is 15.6. The van der Waals surface area contributed by atoms with Crippen molar-refractivity contribution in [1.82, 2.24) is 19.2 Å². The molecule has 7 nitrogen and oxygen atoms in total. The summed E-state index contributed by atoms with van der Waals surface area (Å²) in [5, 5.41) is 10.6. The van der Waals surface area contributed by atoms with Gasteiger partial charge in [-0.3, -0.25) is 18.6 Å². The average molecular weight is 413 g/mol. The summed E-state index contributed by atoms with van der Waals surface area (Å²) in [6, 6.07) is 12.0. The van der Waals surface area contributed by atoms with Crippen LogP contribution in [-0.4, -0.2) is 30.8 Å². The summed E-state index contributed by atoms with van der Waals surface area (Å²) in [6.45, 7) is 0. The molecule has 29 heavy (non-hydrogen) atoms. The summed E-state index contributed by atoms with van der Waals surface area (Å²) in [5.74, 6) is -2.20. The number of nitrogens with one attached hydrogen (secondary N) is 1. The van der Waals surface area contributed by atoms with E-state index in [1.165, 1.54) is 8.97 Å². The summed E-state index contributed by atoms with van der Waals surface area (Å²) in [6.07, 6.45) is 3.22. The Hall–Kier alpha value is -3.53. The summed E-state index contributed by atoms with van der Waals surface area (Å²) in [4.78, 5) is 24.7. The minimum Gasteiger partial charge on any atom is -0.323 e. The van der Waals surface area contributed by atoms with Crippen molar-refractivity contribution in [1.29, 1.82) is 0 Å². The number of thioether (sulfide) groups is 1. The third kappa shape index (κ3) is 3.87. The lowest BCUT2D eigenvalue weighted by Gasteiger charge is -2.07. The smallest absolute Gasteiger partial charge is 0.300 e. The Labute approximate surface area is 167 Å². The first-order chi connectivity index (χ1) is 14.0. The third-order valence-corrected chi connectivity index (χ3v) is 4.95. The van der Waals surface area contributed by atoms with Gasteiger partial charge in [-0.05, 0) is 24.3 Å². The highest BCUT2D eigenvalue weighted by Gasteiger charge is 2.14. The summed E-state index contributed by atoms with van der Waals surface area (Å²) < 4.78 is 29.5. The van der Waals surface area contributed by atoms with Gasteiger partial charge in [-0.15, -0.1) is 10.2 Å². The molecule has 0 atom stereocenters. The maximum Gasteiger partial charge on any atom is 0.300 e. The Morgan fingerprint density at radius 1 is 1.07 bits per heavy atom. The second-order valence-electron chi connectivity index (χ2n) is 5.95. The molecule has 0 aliphatic heterocycles. The van der Waals surface area contributed by atoms with Gasteiger partial charge in [0.25, 0.3) is 0 Å². The first-order valence-corrected chi connectivity index (χ1v) is 9.41. The fourth-order valence-electron chi connectivity index (χ4n) is 2.66. The molecule has 10 heteroatoms. The van der Waals surface area contributed by atoms with Gasteiger partial charge >= 0.3 is 5.56 Å². The maximum atomic E-state index is 13.6. The topological polar surface area (TPSA) is 81.3 Å². The molecule has 4 aromatic rings. The lowest BCUT2D eigenvalue weighted by Crippen LogP contribution is -2.20. The monoisotopic (exact) mass is 413 g/mol. The second-order valence-corrected chi connectivity index (χ2v) is 6.89. The van der Waals surface area contributed by atoms with Gasteiger partial charge in [0.2, 0.25) is 11.6 Å². The molecule has 0 radical (unpaired) electrons. The van der Waals surface area contributed by atoms with Crippen molar-refractivity contribution in [2.24, 2.45) is 0 Å². The molecule has 2 aromatic carbocycles. The van der Waals surface area contributed by atoms with E-state index in [2.05, 4.69) is 15.5 Å². The number of hydrogen-bond donors (Lipinski definition) is 1. The van der Waals surface area contributed by atoms with Gasteiger partial charge < -0.3 is 5.32 Å². The van der Waals surface area contributed by atoms with Crippen LogP contribution < -0.4 is 10.9 Å². The lowest BCUT2D eigenvalue weighted by atomic mass is 10.3. The van der Waals surface area contributed by atoms with E-state index >= 15 is 0 Å². The fraction of sp³-hybridized carbons (Fsp3) is 0.0526. The summed E-state index contributed by atoms with van der Waals surface area (Å²) in [7, 11) is 0. The molecule has 1 N–H and O–H groups in total.